The molecule has 0 unspecified atom stereocenters. The van der Waals surface area contributed by atoms with Crippen LogP contribution in [0, 0.1) is 0 Å². The maximum absolute atomic E-state index is 5.57. The molecule has 0 aromatic carbocycles. The molecule has 0 saturated heterocycles. The summed E-state index contributed by atoms with van der Waals surface area (Å²) in [6.07, 6.45) is 1.57. The van der Waals surface area contributed by atoms with Crippen LogP contribution in [0.2, 0.25) is 0 Å². The number of aromatic nitrogens is 3. The van der Waals surface area contributed by atoms with Gasteiger partial charge in [0.1, 0.15) is 11.4 Å². The maximum Gasteiger partial charge on any atom is 0.298 e. The van der Waals surface area contributed by atoms with Crippen LogP contribution in [0.1, 0.15) is 19.7 Å². The van der Waals surface area contributed by atoms with Gasteiger partial charge in [-0.2, -0.15) is 9.36 Å². The molecule has 7 heteroatoms. The summed E-state index contributed by atoms with van der Waals surface area (Å²) in [7, 11) is 3.18. The smallest absolute Gasteiger partial charge is 0.298 e. The molecule has 2 heterocycles. The Morgan fingerprint density at radius 3 is 2.58 bits per heavy atom. The van der Waals surface area contributed by atoms with E-state index < -0.39 is 5.60 Å². The topological polar surface area (TPSA) is 66.4 Å². The Kier molecular flexibility index (Phi) is 3.96. The molecule has 102 valence electrons. The quantitative estimate of drug-likeness (QED) is 0.839. The molecule has 2 rings (SSSR count). The normalized spacial score (nSPS) is 11.4. The molecule has 0 aliphatic rings. The maximum atomic E-state index is 5.57. The molecule has 2 aromatic rings. The molecule has 0 N–H and O–H groups in total. The van der Waals surface area contributed by atoms with Crippen molar-refractivity contribution < 1.29 is 14.2 Å². The highest BCUT2D eigenvalue weighted by Gasteiger charge is 2.25. The average molecular weight is 281 g/mol. The third kappa shape index (κ3) is 3.18. The van der Waals surface area contributed by atoms with E-state index in [4.69, 9.17) is 14.2 Å². The average Bonchev–Trinajstić information content (AvgIpc) is 2.89. The fraction of sp³-hybridized carbons (Fsp3) is 0.417. The fourth-order valence-corrected chi connectivity index (χ4v) is 1.92. The van der Waals surface area contributed by atoms with Gasteiger partial charge in [-0.05, 0) is 19.9 Å². The summed E-state index contributed by atoms with van der Waals surface area (Å²) >= 11 is 1.17. The van der Waals surface area contributed by atoms with Gasteiger partial charge in [-0.3, -0.25) is 0 Å². The van der Waals surface area contributed by atoms with Crippen LogP contribution < -0.4 is 9.47 Å². The van der Waals surface area contributed by atoms with Crippen molar-refractivity contribution in [1.29, 1.82) is 0 Å². The van der Waals surface area contributed by atoms with Crippen molar-refractivity contribution in [3.63, 3.8) is 0 Å². The highest BCUT2D eigenvalue weighted by molar-refractivity contribution is 7.07. The SMILES string of the molecule is COc1ccc(Oc2nc(C(C)(C)OC)ns2)cn1. The molecular weight excluding hydrogens is 266 g/mol. The monoisotopic (exact) mass is 281 g/mol. The molecule has 0 fully saturated rings. The van der Waals surface area contributed by atoms with Crippen molar-refractivity contribution in [2.75, 3.05) is 14.2 Å². The minimum Gasteiger partial charge on any atom is -0.481 e. The van der Waals surface area contributed by atoms with Crippen LogP contribution in [0.25, 0.3) is 0 Å². The van der Waals surface area contributed by atoms with Gasteiger partial charge >= 0.3 is 0 Å². The largest absolute Gasteiger partial charge is 0.481 e. The van der Waals surface area contributed by atoms with E-state index in [9.17, 15) is 0 Å². The summed E-state index contributed by atoms with van der Waals surface area (Å²) in [6.45, 7) is 3.79. The van der Waals surface area contributed by atoms with Crippen LogP contribution in [-0.2, 0) is 10.3 Å². The van der Waals surface area contributed by atoms with Crippen molar-refractivity contribution in [2.45, 2.75) is 19.4 Å². The Morgan fingerprint density at radius 2 is 2.00 bits per heavy atom. The van der Waals surface area contributed by atoms with Gasteiger partial charge in [0, 0.05) is 24.7 Å². The number of hydrogen-bond acceptors (Lipinski definition) is 7. The molecule has 19 heavy (non-hydrogen) atoms. The second-order valence-corrected chi connectivity index (χ2v) is 4.95. The van der Waals surface area contributed by atoms with Gasteiger partial charge in [-0.1, -0.05) is 0 Å². The Labute approximate surface area is 115 Å². The van der Waals surface area contributed by atoms with Crippen LogP contribution in [0.5, 0.6) is 16.8 Å². The number of hydrogen-bond donors (Lipinski definition) is 0. The van der Waals surface area contributed by atoms with E-state index in [2.05, 4.69) is 14.3 Å². The number of methoxy groups -OCH3 is 2. The predicted molar refractivity (Wildman–Crippen MR) is 70.8 cm³/mol. The summed E-state index contributed by atoms with van der Waals surface area (Å²) in [5.41, 5.74) is -0.531. The predicted octanol–water partition coefficient (Wildman–Crippen LogP) is 2.62. The first kappa shape index (κ1) is 13.7. The second-order valence-electron chi connectivity index (χ2n) is 4.24. The van der Waals surface area contributed by atoms with Gasteiger partial charge in [-0.25, -0.2) is 4.98 Å². The van der Waals surface area contributed by atoms with Gasteiger partial charge < -0.3 is 14.2 Å². The number of pyridine rings is 1. The molecule has 0 saturated carbocycles. The highest BCUT2D eigenvalue weighted by atomic mass is 32.1. The Bertz CT molecular complexity index is 539. The number of nitrogens with zero attached hydrogens (tertiary/aromatic N) is 3. The molecule has 0 bridgehead atoms. The van der Waals surface area contributed by atoms with E-state index in [0.717, 1.165) is 0 Å². The highest BCUT2D eigenvalue weighted by Crippen LogP contribution is 2.28. The molecule has 2 aromatic heterocycles. The molecule has 0 amide bonds. The summed E-state index contributed by atoms with van der Waals surface area (Å²) < 4.78 is 20.1. The lowest BCUT2D eigenvalue weighted by atomic mass is 10.1. The summed E-state index contributed by atoms with van der Waals surface area (Å²) in [6, 6.07) is 3.48. The van der Waals surface area contributed by atoms with Crippen LogP contribution >= 0.6 is 11.5 Å². The van der Waals surface area contributed by atoms with E-state index in [0.29, 0.717) is 22.6 Å². The van der Waals surface area contributed by atoms with E-state index in [1.165, 1.54) is 11.5 Å². The first-order valence-corrected chi connectivity index (χ1v) is 6.40. The molecule has 0 spiro atoms. The van der Waals surface area contributed by atoms with Gasteiger partial charge in [0.15, 0.2) is 5.82 Å². The summed E-state index contributed by atoms with van der Waals surface area (Å²) in [5, 5.41) is 0.451. The third-order valence-electron chi connectivity index (χ3n) is 2.58. The van der Waals surface area contributed by atoms with Crippen LogP contribution in [0.15, 0.2) is 18.3 Å². The standard InChI is InChI=1S/C12H15N3O3S/c1-12(2,17-4)10-14-11(19-15-10)18-8-5-6-9(16-3)13-7-8/h5-7H,1-4H3. The molecule has 0 aliphatic heterocycles. The molecule has 0 aliphatic carbocycles. The third-order valence-corrected chi connectivity index (χ3v) is 3.17. The van der Waals surface area contributed by atoms with Crippen molar-refractivity contribution in [2.24, 2.45) is 0 Å². The first-order chi connectivity index (χ1) is 9.05. The lowest BCUT2D eigenvalue weighted by molar-refractivity contribution is 0.0122. The molecule has 0 atom stereocenters. The first-order valence-electron chi connectivity index (χ1n) is 5.62. The molecule has 6 nitrogen and oxygen atoms in total. The van der Waals surface area contributed by atoms with Gasteiger partial charge in [-0.15, -0.1) is 0 Å². The van der Waals surface area contributed by atoms with E-state index in [1.54, 1.807) is 32.5 Å². The van der Waals surface area contributed by atoms with E-state index >= 15 is 0 Å². The zero-order valence-corrected chi connectivity index (χ0v) is 12.0. The van der Waals surface area contributed by atoms with Crippen molar-refractivity contribution in [3.05, 3.63) is 24.2 Å². The molecular formula is C12H15N3O3S. The second kappa shape index (κ2) is 5.50. The lowest BCUT2D eigenvalue weighted by Gasteiger charge is -2.18. The minimum absolute atomic E-state index is 0.451. The van der Waals surface area contributed by atoms with Crippen LogP contribution in [0.4, 0.5) is 0 Å². The van der Waals surface area contributed by atoms with Gasteiger partial charge in [0.05, 0.1) is 13.3 Å². The summed E-state index contributed by atoms with van der Waals surface area (Å²) in [5.74, 6) is 1.71. The Balaban J connectivity index is 2.11. The zero-order valence-electron chi connectivity index (χ0n) is 11.2. The Hall–Kier alpha value is -1.73. The number of ether oxygens (including phenoxy) is 3. The minimum atomic E-state index is -0.531. The van der Waals surface area contributed by atoms with Crippen LogP contribution in [0.3, 0.4) is 0 Å². The van der Waals surface area contributed by atoms with Gasteiger partial charge in [0.2, 0.25) is 5.88 Å². The van der Waals surface area contributed by atoms with Crippen LogP contribution in [-0.4, -0.2) is 28.6 Å². The Morgan fingerprint density at radius 1 is 1.21 bits per heavy atom. The summed E-state index contributed by atoms with van der Waals surface area (Å²) in [4.78, 5) is 8.34. The van der Waals surface area contributed by atoms with Gasteiger partial charge in [0.25, 0.3) is 5.19 Å². The fourth-order valence-electron chi connectivity index (χ4n) is 1.24. The van der Waals surface area contributed by atoms with Crippen molar-refractivity contribution >= 4 is 11.5 Å². The zero-order chi connectivity index (χ0) is 13.9. The van der Waals surface area contributed by atoms with E-state index in [1.807, 2.05) is 13.8 Å². The van der Waals surface area contributed by atoms with Crippen molar-refractivity contribution in [3.8, 4) is 16.8 Å². The number of rotatable bonds is 5. The van der Waals surface area contributed by atoms with E-state index in [-0.39, 0.29) is 0 Å². The lowest BCUT2D eigenvalue weighted by Crippen LogP contribution is -2.21. The van der Waals surface area contributed by atoms with Crippen molar-refractivity contribution in [1.82, 2.24) is 14.3 Å². The molecule has 0 radical (unpaired) electrons.